The summed E-state index contributed by atoms with van der Waals surface area (Å²) in [6.45, 7) is 6.14. The molecule has 1 unspecified atom stereocenters. The van der Waals surface area contributed by atoms with Crippen molar-refractivity contribution in [3.8, 4) is 0 Å². The molecule has 3 aromatic carbocycles. The van der Waals surface area contributed by atoms with Crippen molar-refractivity contribution in [2.75, 3.05) is 4.90 Å². The van der Waals surface area contributed by atoms with Crippen molar-refractivity contribution in [1.29, 1.82) is 0 Å². The second-order valence-corrected chi connectivity index (χ2v) is 9.28. The van der Waals surface area contributed by atoms with E-state index in [4.69, 9.17) is 11.6 Å². The first kappa shape index (κ1) is 23.7. The van der Waals surface area contributed by atoms with Crippen LogP contribution in [0.2, 0.25) is 5.02 Å². The zero-order chi connectivity index (χ0) is 24.4. The molecule has 0 spiro atoms. The van der Waals surface area contributed by atoms with Gasteiger partial charge in [0.25, 0.3) is 11.8 Å². The molecule has 0 N–H and O–H groups in total. The van der Waals surface area contributed by atoms with Gasteiger partial charge in [-0.05, 0) is 53.8 Å². The molecule has 0 bridgehead atoms. The maximum absolute atomic E-state index is 13.7. The number of carbonyl (C=O) groups is 3. The van der Waals surface area contributed by atoms with E-state index in [1.165, 1.54) is 9.80 Å². The molecule has 34 heavy (non-hydrogen) atoms. The lowest BCUT2D eigenvalue weighted by Gasteiger charge is -2.29. The number of halogens is 1. The first-order valence-electron chi connectivity index (χ1n) is 11.3. The van der Waals surface area contributed by atoms with Crippen LogP contribution < -0.4 is 4.90 Å². The number of carbonyl (C=O) groups excluding carboxylic acids is 3. The number of imide groups is 1. The molecule has 3 aromatic rings. The zero-order valence-electron chi connectivity index (χ0n) is 19.5. The molecule has 1 fully saturated rings. The molecule has 0 aliphatic carbocycles. The third-order valence-corrected chi connectivity index (χ3v) is 6.62. The molecule has 3 amide bonds. The lowest BCUT2D eigenvalue weighted by molar-refractivity contribution is -0.122. The van der Waals surface area contributed by atoms with Crippen molar-refractivity contribution in [2.24, 2.45) is 0 Å². The molecule has 174 valence electrons. The number of anilines is 1. The van der Waals surface area contributed by atoms with Gasteiger partial charge in [-0.15, -0.1) is 0 Å². The van der Waals surface area contributed by atoms with Crippen molar-refractivity contribution in [3.63, 3.8) is 0 Å². The molecule has 1 aliphatic rings. The average molecular weight is 475 g/mol. The Morgan fingerprint density at radius 2 is 1.65 bits per heavy atom. The highest BCUT2D eigenvalue weighted by molar-refractivity contribution is 6.31. The minimum absolute atomic E-state index is 0.0765. The number of hydrogen-bond donors (Lipinski definition) is 0. The van der Waals surface area contributed by atoms with Gasteiger partial charge in [0.15, 0.2) is 0 Å². The van der Waals surface area contributed by atoms with Gasteiger partial charge in [-0.1, -0.05) is 74.0 Å². The highest BCUT2D eigenvalue weighted by atomic mass is 35.5. The quantitative estimate of drug-likeness (QED) is 0.427. The number of hydrogen-bond acceptors (Lipinski definition) is 3. The number of aryl methyl sites for hydroxylation is 1. The maximum atomic E-state index is 13.7. The smallest absolute Gasteiger partial charge is 0.257 e. The molecule has 1 atom stereocenters. The second-order valence-electron chi connectivity index (χ2n) is 8.87. The molecule has 0 radical (unpaired) electrons. The zero-order valence-corrected chi connectivity index (χ0v) is 20.3. The molecular weight excluding hydrogens is 448 g/mol. The van der Waals surface area contributed by atoms with Gasteiger partial charge in [-0.25, -0.2) is 4.90 Å². The van der Waals surface area contributed by atoms with Crippen molar-refractivity contribution in [3.05, 3.63) is 100 Å². The van der Waals surface area contributed by atoms with Crippen molar-refractivity contribution >= 4 is 35.0 Å². The minimum Gasteiger partial charge on any atom is -0.322 e. The Balaban J connectivity index is 1.70. The van der Waals surface area contributed by atoms with E-state index < -0.39 is 11.9 Å². The molecule has 0 aromatic heterocycles. The minimum atomic E-state index is -0.916. The molecule has 6 heteroatoms. The van der Waals surface area contributed by atoms with Crippen molar-refractivity contribution < 1.29 is 14.4 Å². The molecular formula is C28H27ClN2O3. The normalized spacial score (nSPS) is 15.8. The summed E-state index contributed by atoms with van der Waals surface area (Å²) in [6.07, 6.45) is -0.0765. The predicted octanol–water partition coefficient (Wildman–Crippen LogP) is 5.75. The summed E-state index contributed by atoms with van der Waals surface area (Å²) >= 11 is 6.39. The van der Waals surface area contributed by atoms with Crippen LogP contribution >= 0.6 is 11.6 Å². The SMILES string of the molecule is Cc1ccccc1C(=O)N(Cc1ccccc1Cl)C1CC(=O)N(c2ccc(C(C)C)cc2)C1=O. The van der Waals surface area contributed by atoms with Crippen molar-refractivity contribution in [1.82, 2.24) is 4.90 Å². The van der Waals surface area contributed by atoms with Crippen LogP contribution in [0.4, 0.5) is 5.69 Å². The second kappa shape index (κ2) is 9.82. The fraction of sp³-hybridized carbons (Fsp3) is 0.250. The fourth-order valence-electron chi connectivity index (χ4n) is 4.24. The van der Waals surface area contributed by atoms with E-state index in [-0.39, 0.29) is 24.8 Å². The van der Waals surface area contributed by atoms with Gasteiger partial charge in [0.2, 0.25) is 5.91 Å². The van der Waals surface area contributed by atoms with Gasteiger partial charge >= 0.3 is 0 Å². The Bertz CT molecular complexity index is 1240. The fourth-order valence-corrected chi connectivity index (χ4v) is 4.44. The van der Waals surface area contributed by atoms with Crippen LogP contribution in [0.15, 0.2) is 72.8 Å². The monoisotopic (exact) mass is 474 g/mol. The lowest BCUT2D eigenvalue weighted by atomic mass is 10.0. The van der Waals surface area contributed by atoms with E-state index in [1.807, 2.05) is 49.4 Å². The van der Waals surface area contributed by atoms with E-state index >= 15 is 0 Å². The molecule has 1 heterocycles. The largest absolute Gasteiger partial charge is 0.322 e. The van der Waals surface area contributed by atoms with E-state index in [2.05, 4.69) is 13.8 Å². The van der Waals surface area contributed by atoms with Gasteiger partial charge in [-0.2, -0.15) is 0 Å². The lowest BCUT2D eigenvalue weighted by Crippen LogP contribution is -2.45. The Labute approximate surface area is 204 Å². The van der Waals surface area contributed by atoms with Crippen LogP contribution in [0.25, 0.3) is 0 Å². The standard InChI is InChI=1S/C28H27ClN2O3/c1-18(2)20-12-14-22(15-13-20)31-26(32)16-25(28(31)34)30(17-21-9-5-7-11-24(21)29)27(33)23-10-6-4-8-19(23)3/h4-15,18,25H,16-17H2,1-3H3. The highest BCUT2D eigenvalue weighted by Crippen LogP contribution is 2.30. The summed E-state index contributed by atoms with van der Waals surface area (Å²) in [6, 6.07) is 21.0. The molecule has 5 nitrogen and oxygen atoms in total. The Morgan fingerprint density at radius 1 is 1.00 bits per heavy atom. The van der Waals surface area contributed by atoms with Crippen LogP contribution in [-0.2, 0) is 16.1 Å². The Hall–Kier alpha value is -3.44. The van der Waals surface area contributed by atoms with E-state index in [0.717, 1.165) is 11.1 Å². The molecule has 1 aliphatic heterocycles. The van der Waals surface area contributed by atoms with E-state index in [1.54, 1.807) is 30.3 Å². The van der Waals surface area contributed by atoms with Crippen LogP contribution in [0, 0.1) is 6.92 Å². The summed E-state index contributed by atoms with van der Waals surface area (Å²) in [5, 5.41) is 0.503. The summed E-state index contributed by atoms with van der Waals surface area (Å²) in [4.78, 5) is 42.9. The number of benzene rings is 3. The summed E-state index contributed by atoms with van der Waals surface area (Å²) in [5.74, 6) is -0.698. The highest BCUT2D eigenvalue weighted by Gasteiger charge is 2.44. The van der Waals surface area contributed by atoms with Crippen LogP contribution in [0.5, 0.6) is 0 Å². The van der Waals surface area contributed by atoms with Crippen LogP contribution in [-0.4, -0.2) is 28.7 Å². The average Bonchev–Trinajstić information content (AvgIpc) is 3.12. The molecule has 4 rings (SSSR count). The number of amides is 3. The van der Waals surface area contributed by atoms with Gasteiger partial charge in [-0.3, -0.25) is 14.4 Å². The maximum Gasteiger partial charge on any atom is 0.257 e. The van der Waals surface area contributed by atoms with Gasteiger partial charge in [0.1, 0.15) is 6.04 Å². The summed E-state index contributed by atoms with van der Waals surface area (Å²) < 4.78 is 0. The van der Waals surface area contributed by atoms with E-state index in [0.29, 0.717) is 27.8 Å². The first-order valence-corrected chi connectivity index (χ1v) is 11.7. The molecule has 1 saturated heterocycles. The van der Waals surface area contributed by atoms with Crippen molar-refractivity contribution in [2.45, 2.75) is 45.7 Å². The van der Waals surface area contributed by atoms with Gasteiger partial charge < -0.3 is 4.90 Å². The number of rotatable bonds is 6. The predicted molar refractivity (Wildman–Crippen MR) is 134 cm³/mol. The Kier molecular flexibility index (Phi) is 6.85. The molecule has 0 saturated carbocycles. The third-order valence-electron chi connectivity index (χ3n) is 6.25. The summed E-state index contributed by atoms with van der Waals surface area (Å²) in [7, 11) is 0. The van der Waals surface area contributed by atoms with Crippen LogP contribution in [0.1, 0.15) is 53.2 Å². The van der Waals surface area contributed by atoms with Crippen LogP contribution in [0.3, 0.4) is 0 Å². The van der Waals surface area contributed by atoms with E-state index in [9.17, 15) is 14.4 Å². The van der Waals surface area contributed by atoms with Gasteiger partial charge in [0, 0.05) is 17.1 Å². The third kappa shape index (κ3) is 4.62. The number of nitrogens with zero attached hydrogens (tertiary/aromatic N) is 2. The van der Waals surface area contributed by atoms with Gasteiger partial charge in [0.05, 0.1) is 12.1 Å². The summed E-state index contributed by atoms with van der Waals surface area (Å²) in [5.41, 5.74) is 3.65. The first-order chi connectivity index (χ1) is 16.3. The topological polar surface area (TPSA) is 57.7 Å². The Morgan fingerprint density at radius 3 is 2.29 bits per heavy atom.